The van der Waals surface area contributed by atoms with Gasteiger partial charge in [-0.3, -0.25) is 4.99 Å². The molecule has 1 aliphatic carbocycles. The van der Waals surface area contributed by atoms with Gasteiger partial charge in [0.2, 0.25) is 0 Å². The number of alkyl halides is 6. The molecule has 0 amide bonds. The molecule has 0 aliphatic heterocycles. The van der Waals surface area contributed by atoms with E-state index >= 15 is 0 Å². The Morgan fingerprint density at radius 3 is 1.81 bits per heavy atom. The highest BCUT2D eigenvalue weighted by Crippen LogP contribution is 2.41. The second-order valence-electron chi connectivity index (χ2n) is 11.3. The third-order valence-electron chi connectivity index (χ3n) is 8.15. The fraction of sp³-hybridized carbons (Fsp3) is 0.378. The summed E-state index contributed by atoms with van der Waals surface area (Å²) in [6.07, 6.45) is -7.24. The summed E-state index contributed by atoms with van der Waals surface area (Å²) >= 11 is 7.01. The standard InChI is InChI=1S/C37H40ClF6N3/c1-4-45-34-20-19-31(29-11-7-8-12-30(29)34)35(26-13-15-27(16-14-26)46(5-2)6-3)32-18-17-28(25-33(32)38)47(23-9-21-36(39,40)41)24-10-22-37(42,43)44/h7-8,11-20,25H,4-6,9-10,21-24H2,1-3H3/b35-31-,45-34?. The third-order valence-corrected chi connectivity index (χ3v) is 8.46. The number of hydrogen-bond donors (Lipinski definition) is 0. The van der Waals surface area contributed by atoms with Crippen LogP contribution in [0, 0.1) is 0 Å². The lowest BCUT2D eigenvalue weighted by atomic mass is 9.83. The maximum atomic E-state index is 12.9. The van der Waals surface area contributed by atoms with Crippen LogP contribution >= 0.6 is 11.6 Å². The molecule has 0 N–H and O–H groups in total. The van der Waals surface area contributed by atoms with Crippen molar-refractivity contribution in [2.24, 2.45) is 4.99 Å². The van der Waals surface area contributed by atoms with Crippen LogP contribution in [0.4, 0.5) is 37.7 Å². The van der Waals surface area contributed by atoms with Crippen molar-refractivity contribution < 1.29 is 26.3 Å². The first-order valence-electron chi connectivity index (χ1n) is 16.0. The summed E-state index contributed by atoms with van der Waals surface area (Å²) in [6, 6.07) is 21.4. The highest BCUT2D eigenvalue weighted by molar-refractivity contribution is 6.33. The molecule has 0 aromatic heterocycles. The van der Waals surface area contributed by atoms with Gasteiger partial charge in [0.15, 0.2) is 0 Å². The number of hydrogen-bond acceptors (Lipinski definition) is 3. The summed E-state index contributed by atoms with van der Waals surface area (Å²) < 4.78 is 77.6. The fourth-order valence-corrected chi connectivity index (χ4v) is 6.18. The average Bonchev–Trinajstić information content (AvgIpc) is 3.02. The summed E-state index contributed by atoms with van der Waals surface area (Å²) in [5, 5.41) is 0.341. The predicted molar refractivity (Wildman–Crippen MR) is 183 cm³/mol. The van der Waals surface area contributed by atoms with E-state index in [9.17, 15) is 26.3 Å². The lowest BCUT2D eigenvalue weighted by Gasteiger charge is -2.27. The molecular formula is C37H40ClF6N3. The van der Waals surface area contributed by atoms with Crippen molar-refractivity contribution in [1.29, 1.82) is 0 Å². The molecule has 0 unspecified atom stereocenters. The molecule has 0 bridgehead atoms. The first-order valence-corrected chi connectivity index (χ1v) is 16.3. The summed E-state index contributed by atoms with van der Waals surface area (Å²) in [7, 11) is 0. The summed E-state index contributed by atoms with van der Waals surface area (Å²) in [5.74, 6) is 0. The molecular weight excluding hydrogens is 636 g/mol. The zero-order chi connectivity index (χ0) is 34.2. The molecule has 1 aliphatic rings. The molecule has 47 heavy (non-hydrogen) atoms. The Bertz CT molecular complexity index is 1560. The zero-order valence-electron chi connectivity index (χ0n) is 26.9. The number of halogens is 7. The number of aliphatic imine (C=N–C) groups is 1. The van der Waals surface area contributed by atoms with Crippen LogP contribution < -0.4 is 9.80 Å². The van der Waals surface area contributed by atoms with Crippen LogP contribution in [0.1, 0.15) is 68.7 Å². The molecule has 3 aromatic rings. The van der Waals surface area contributed by atoms with E-state index in [0.717, 1.165) is 52.3 Å². The minimum Gasteiger partial charge on any atom is -0.372 e. The highest BCUT2D eigenvalue weighted by Gasteiger charge is 2.29. The third kappa shape index (κ3) is 9.66. The first kappa shape index (κ1) is 36.1. The number of rotatable bonds is 13. The largest absolute Gasteiger partial charge is 0.389 e. The number of anilines is 2. The summed E-state index contributed by atoms with van der Waals surface area (Å²) in [6.45, 7) is 8.41. The first-order chi connectivity index (χ1) is 22.3. The average molecular weight is 676 g/mol. The van der Waals surface area contributed by atoms with Gasteiger partial charge in [0.1, 0.15) is 0 Å². The lowest BCUT2D eigenvalue weighted by Crippen LogP contribution is -2.28. The topological polar surface area (TPSA) is 18.8 Å². The number of allylic oxidation sites excluding steroid dienone is 3. The van der Waals surface area contributed by atoms with Crippen LogP contribution in [0.2, 0.25) is 5.02 Å². The van der Waals surface area contributed by atoms with Gasteiger partial charge >= 0.3 is 12.4 Å². The van der Waals surface area contributed by atoms with E-state index in [2.05, 4.69) is 35.9 Å². The molecule has 0 radical (unpaired) electrons. The van der Waals surface area contributed by atoms with Crippen LogP contribution in [0.25, 0.3) is 11.1 Å². The Kier molecular flexibility index (Phi) is 12.2. The summed E-state index contributed by atoms with van der Waals surface area (Å²) in [5.41, 5.74) is 7.77. The number of fused-ring (bicyclic) bond motifs is 1. The Labute approximate surface area is 278 Å². The molecule has 0 fully saturated rings. The van der Waals surface area contributed by atoms with Gasteiger partial charge in [0.05, 0.1) is 10.7 Å². The van der Waals surface area contributed by atoms with Gasteiger partial charge in [0, 0.05) is 68.1 Å². The van der Waals surface area contributed by atoms with Gasteiger partial charge in [-0.25, -0.2) is 0 Å². The van der Waals surface area contributed by atoms with Crippen molar-refractivity contribution in [1.82, 2.24) is 0 Å². The maximum absolute atomic E-state index is 12.9. The molecule has 0 spiro atoms. The van der Waals surface area contributed by atoms with Crippen molar-refractivity contribution in [3.8, 4) is 0 Å². The monoisotopic (exact) mass is 675 g/mol. The Hall–Kier alpha value is -3.72. The molecule has 3 nitrogen and oxygen atoms in total. The minimum absolute atomic E-state index is 0.0521. The van der Waals surface area contributed by atoms with E-state index in [1.807, 2.05) is 61.5 Å². The Morgan fingerprint density at radius 2 is 1.28 bits per heavy atom. The smallest absolute Gasteiger partial charge is 0.372 e. The van der Waals surface area contributed by atoms with Gasteiger partial charge in [-0.15, -0.1) is 0 Å². The number of nitrogens with zero attached hydrogens (tertiary/aromatic N) is 3. The van der Waals surface area contributed by atoms with Crippen molar-refractivity contribution in [2.45, 2.75) is 58.8 Å². The summed E-state index contributed by atoms with van der Waals surface area (Å²) in [4.78, 5) is 8.47. The zero-order valence-corrected chi connectivity index (χ0v) is 27.6. The second-order valence-corrected chi connectivity index (χ2v) is 11.7. The molecule has 0 saturated heterocycles. The van der Waals surface area contributed by atoms with Crippen LogP contribution in [0.3, 0.4) is 0 Å². The van der Waals surface area contributed by atoms with E-state index in [0.29, 0.717) is 22.8 Å². The van der Waals surface area contributed by atoms with Crippen molar-refractivity contribution >= 4 is 39.8 Å². The maximum Gasteiger partial charge on any atom is 0.389 e. The second kappa shape index (κ2) is 15.9. The van der Waals surface area contributed by atoms with Crippen LogP contribution in [-0.2, 0) is 0 Å². The SMILES string of the molecule is CCN=C1C=C/C(=C(\c2ccc(N(CC)CC)cc2)c2ccc(N(CCCC(F)(F)F)CCCC(F)(F)F)cc2Cl)c2ccccc21. The van der Waals surface area contributed by atoms with Gasteiger partial charge < -0.3 is 9.80 Å². The molecule has 252 valence electrons. The van der Waals surface area contributed by atoms with Crippen LogP contribution in [0.15, 0.2) is 83.9 Å². The molecule has 0 heterocycles. The van der Waals surface area contributed by atoms with E-state index in [1.54, 1.807) is 17.0 Å². The van der Waals surface area contributed by atoms with Gasteiger partial charge in [-0.1, -0.05) is 60.1 Å². The molecule has 0 atom stereocenters. The van der Waals surface area contributed by atoms with E-state index in [4.69, 9.17) is 11.6 Å². The molecule has 10 heteroatoms. The highest BCUT2D eigenvalue weighted by atomic mass is 35.5. The minimum atomic E-state index is -4.35. The number of benzene rings is 3. The normalized spacial score (nSPS) is 15.1. The van der Waals surface area contributed by atoms with Gasteiger partial charge in [-0.05, 0) is 86.2 Å². The van der Waals surface area contributed by atoms with Crippen LogP contribution in [0.5, 0.6) is 0 Å². The van der Waals surface area contributed by atoms with Crippen molar-refractivity contribution in [3.63, 3.8) is 0 Å². The van der Waals surface area contributed by atoms with Gasteiger partial charge in [-0.2, -0.15) is 26.3 Å². The Balaban J connectivity index is 1.83. The van der Waals surface area contributed by atoms with Crippen LogP contribution in [-0.4, -0.2) is 50.8 Å². The molecule has 3 aromatic carbocycles. The Morgan fingerprint density at radius 1 is 0.702 bits per heavy atom. The predicted octanol–water partition coefficient (Wildman–Crippen LogP) is 11.0. The molecule has 4 rings (SSSR count). The van der Waals surface area contributed by atoms with E-state index < -0.39 is 25.2 Å². The van der Waals surface area contributed by atoms with E-state index in [-0.39, 0.29) is 25.9 Å². The van der Waals surface area contributed by atoms with Crippen molar-refractivity contribution in [3.05, 3.63) is 106 Å². The van der Waals surface area contributed by atoms with Gasteiger partial charge in [0.25, 0.3) is 0 Å². The lowest BCUT2D eigenvalue weighted by molar-refractivity contribution is -0.135. The quantitative estimate of drug-likeness (QED) is 0.168. The fourth-order valence-electron chi connectivity index (χ4n) is 5.91. The van der Waals surface area contributed by atoms with E-state index in [1.165, 1.54) is 0 Å². The van der Waals surface area contributed by atoms with Crippen molar-refractivity contribution in [2.75, 3.05) is 42.5 Å². The molecule has 0 saturated carbocycles.